The number of ether oxygens (including phenoxy) is 4. The normalized spacial score (nSPS) is 21.0. The third-order valence-corrected chi connectivity index (χ3v) is 10.4. The molecule has 1 saturated heterocycles. The van der Waals surface area contributed by atoms with Crippen molar-refractivity contribution in [1.82, 2.24) is 0 Å². The molecule has 1 fully saturated rings. The predicted molar refractivity (Wildman–Crippen MR) is 219 cm³/mol. The summed E-state index contributed by atoms with van der Waals surface area (Å²) in [6, 6.07) is 0. The number of esters is 2. The Morgan fingerprint density at radius 1 is 0.607 bits per heavy atom. The van der Waals surface area contributed by atoms with E-state index in [1.54, 1.807) is 0 Å². The SMILES string of the molecule is CCCCC/C=C/C/C=C/CCCCCCCC(=O)O[C@H](COC(=O)CCCCCCC/C=C/CCCCCC)CO[C@H]1O[C@H](CS(=O)(=O)O)[C@@H](O)C(O)C1O. The standard InChI is InChI=1S/C43H76O12S/c1-3-5-7-9-11-13-15-17-18-20-22-24-26-28-30-32-39(45)54-36(34-53-43-42(48)41(47)40(46)37(55-43)35-56(49,50)51)33-52-38(44)31-29-27-25-23-21-19-16-14-12-10-8-6-4-2/h11,13-14,16-18,36-37,40-43,46-48H,3-10,12,15,19-35H2,1-2H3,(H,49,50,51)/b13-11+,16-14+,18-17+/t36-,37-,40-,41?,42?,43+/m1/s1. The molecule has 1 aliphatic rings. The lowest BCUT2D eigenvalue weighted by Gasteiger charge is -2.40. The van der Waals surface area contributed by atoms with E-state index in [1.165, 1.54) is 44.9 Å². The molecule has 0 amide bonds. The summed E-state index contributed by atoms with van der Waals surface area (Å²) in [5, 5.41) is 30.8. The first-order chi connectivity index (χ1) is 27.0. The van der Waals surface area contributed by atoms with Gasteiger partial charge in [-0.3, -0.25) is 14.1 Å². The van der Waals surface area contributed by atoms with Crippen molar-refractivity contribution in [2.45, 2.75) is 205 Å². The fraction of sp³-hybridized carbons (Fsp3) is 0.814. The second kappa shape index (κ2) is 33.8. The zero-order valence-corrected chi connectivity index (χ0v) is 35.3. The molecule has 6 atom stereocenters. The van der Waals surface area contributed by atoms with Crippen LogP contribution in [0.3, 0.4) is 0 Å². The zero-order chi connectivity index (χ0) is 41.3. The second-order valence-electron chi connectivity index (χ2n) is 15.0. The molecule has 0 radical (unpaired) electrons. The molecule has 1 aliphatic heterocycles. The van der Waals surface area contributed by atoms with Crippen molar-refractivity contribution in [1.29, 1.82) is 0 Å². The highest BCUT2D eigenvalue weighted by Crippen LogP contribution is 2.24. The van der Waals surface area contributed by atoms with Gasteiger partial charge in [0.2, 0.25) is 0 Å². The summed E-state index contributed by atoms with van der Waals surface area (Å²) in [4.78, 5) is 25.3. The minimum atomic E-state index is -4.60. The molecule has 4 N–H and O–H groups in total. The molecule has 0 aromatic carbocycles. The topological polar surface area (TPSA) is 186 Å². The van der Waals surface area contributed by atoms with Crippen LogP contribution in [-0.2, 0) is 38.7 Å². The number of carbonyl (C=O) groups is 2. The monoisotopic (exact) mass is 817 g/mol. The minimum absolute atomic E-state index is 0.146. The zero-order valence-electron chi connectivity index (χ0n) is 34.5. The van der Waals surface area contributed by atoms with E-state index in [4.69, 9.17) is 18.9 Å². The average Bonchev–Trinajstić information content (AvgIpc) is 3.16. The van der Waals surface area contributed by atoms with E-state index >= 15 is 0 Å². The molecule has 1 rings (SSSR count). The van der Waals surface area contributed by atoms with Gasteiger partial charge in [0.15, 0.2) is 12.4 Å². The quantitative estimate of drug-likeness (QED) is 0.0208. The summed E-state index contributed by atoms with van der Waals surface area (Å²) in [6.45, 7) is 3.68. The van der Waals surface area contributed by atoms with Gasteiger partial charge in [0.25, 0.3) is 10.1 Å². The molecule has 1 heterocycles. The molecule has 0 saturated carbocycles. The Hall–Kier alpha value is -2.13. The highest BCUT2D eigenvalue weighted by molar-refractivity contribution is 7.85. The third kappa shape index (κ3) is 28.3. The van der Waals surface area contributed by atoms with Crippen molar-refractivity contribution in [3.63, 3.8) is 0 Å². The lowest BCUT2D eigenvalue weighted by molar-refractivity contribution is -0.297. The number of hydrogen-bond acceptors (Lipinski definition) is 11. The summed E-state index contributed by atoms with van der Waals surface area (Å²) < 4.78 is 53.9. The van der Waals surface area contributed by atoms with Crippen LogP contribution in [0.1, 0.15) is 168 Å². The van der Waals surface area contributed by atoms with E-state index in [0.29, 0.717) is 12.8 Å². The van der Waals surface area contributed by atoms with Gasteiger partial charge in [0.05, 0.1) is 6.61 Å². The van der Waals surface area contributed by atoms with E-state index in [2.05, 4.69) is 50.3 Å². The molecule has 2 unspecified atom stereocenters. The minimum Gasteiger partial charge on any atom is -0.462 e. The maximum absolute atomic E-state index is 12.8. The van der Waals surface area contributed by atoms with Crippen LogP contribution in [0.2, 0.25) is 0 Å². The van der Waals surface area contributed by atoms with Crippen LogP contribution >= 0.6 is 0 Å². The number of aliphatic hydroxyl groups is 3. The summed E-state index contributed by atoms with van der Waals surface area (Å²) in [7, 11) is -4.60. The maximum atomic E-state index is 12.8. The Labute approximate surface area is 338 Å². The van der Waals surface area contributed by atoms with Crippen LogP contribution in [0.25, 0.3) is 0 Å². The molecule has 0 spiro atoms. The predicted octanol–water partition coefficient (Wildman–Crippen LogP) is 8.22. The molecular formula is C43H76O12S. The number of allylic oxidation sites excluding steroid dienone is 6. The maximum Gasteiger partial charge on any atom is 0.306 e. The van der Waals surface area contributed by atoms with Gasteiger partial charge in [-0.2, -0.15) is 8.42 Å². The van der Waals surface area contributed by atoms with Crippen LogP contribution in [0.5, 0.6) is 0 Å². The van der Waals surface area contributed by atoms with Crippen LogP contribution < -0.4 is 0 Å². The van der Waals surface area contributed by atoms with E-state index in [1.807, 2.05) is 0 Å². The van der Waals surface area contributed by atoms with Crippen LogP contribution in [-0.4, -0.2) is 96.0 Å². The Bertz CT molecular complexity index is 1190. The molecule has 0 aromatic heterocycles. The summed E-state index contributed by atoms with van der Waals surface area (Å²) in [6.07, 6.45) is 27.6. The van der Waals surface area contributed by atoms with E-state index in [0.717, 1.165) is 83.5 Å². The van der Waals surface area contributed by atoms with Crippen molar-refractivity contribution >= 4 is 22.1 Å². The molecule has 0 aliphatic carbocycles. The van der Waals surface area contributed by atoms with Gasteiger partial charge in [-0.1, -0.05) is 121 Å². The number of aliphatic hydroxyl groups excluding tert-OH is 3. The highest BCUT2D eigenvalue weighted by atomic mass is 32.2. The molecule has 12 nitrogen and oxygen atoms in total. The van der Waals surface area contributed by atoms with E-state index in [9.17, 15) is 37.9 Å². The second-order valence-corrected chi connectivity index (χ2v) is 16.5. The van der Waals surface area contributed by atoms with Gasteiger partial charge in [0, 0.05) is 12.8 Å². The smallest absolute Gasteiger partial charge is 0.306 e. The van der Waals surface area contributed by atoms with Gasteiger partial charge >= 0.3 is 11.9 Å². The molecule has 0 bridgehead atoms. The number of rotatable bonds is 35. The van der Waals surface area contributed by atoms with Gasteiger partial charge in [-0.25, -0.2) is 0 Å². The molecule has 0 aromatic rings. The lowest BCUT2D eigenvalue weighted by Crippen LogP contribution is -2.60. The highest BCUT2D eigenvalue weighted by Gasteiger charge is 2.46. The van der Waals surface area contributed by atoms with Crippen molar-refractivity contribution < 1.29 is 56.8 Å². The molecular weight excluding hydrogens is 741 g/mol. The fourth-order valence-electron chi connectivity index (χ4n) is 6.29. The molecule has 56 heavy (non-hydrogen) atoms. The first kappa shape index (κ1) is 51.9. The first-order valence-electron chi connectivity index (χ1n) is 21.5. The van der Waals surface area contributed by atoms with E-state index < -0.39 is 71.2 Å². The van der Waals surface area contributed by atoms with Gasteiger partial charge < -0.3 is 34.3 Å². The largest absolute Gasteiger partial charge is 0.462 e. The van der Waals surface area contributed by atoms with Crippen molar-refractivity contribution in [2.75, 3.05) is 19.0 Å². The number of hydrogen-bond donors (Lipinski definition) is 4. The van der Waals surface area contributed by atoms with E-state index in [-0.39, 0.29) is 19.4 Å². The summed E-state index contributed by atoms with van der Waals surface area (Å²) >= 11 is 0. The Morgan fingerprint density at radius 2 is 1.07 bits per heavy atom. The average molecular weight is 817 g/mol. The Morgan fingerprint density at radius 3 is 1.62 bits per heavy atom. The first-order valence-corrected chi connectivity index (χ1v) is 23.2. The fourth-order valence-corrected chi connectivity index (χ4v) is 6.98. The van der Waals surface area contributed by atoms with Gasteiger partial charge in [-0.05, 0) is 70.6 Å². The number of unbranched alkanes of at least 4 members (excludes halogenated alkanes) is 17. The number of carbonyl (C=O) groups excluding carboxylic acids is 2. The molecule has 326 valence electrons. The summed E-state index contributed by atoms with van der Waals surface area (Å²) in [5.74, 6) is -2.01. The Kier molecular flexibility index (Phi) is 31.3. The Balaban J connectivity index is 2.50. The molecule has 13 heteroatoms. The lowest BCUT2D eigenvalue weighted by atomic mass is 10.00. The van der Waals surface area contributed by atoms with Crippen molar-refractivity contribution in [3.05, 3.63) is 36.5 Å². The van der Waals surface area contributed by atoms with Gasteiger partial charge in [-0.15, -0.1) is 0 Å². The summed E-state index contributed by atoms with van der Waals surface area (Å²) in [5.41, 5.74) is 0. The van der Waals surface area contributed by atoms with Crippen LogP contribution in [0.4, 0.5) is 0 Å². The van der Waals surface area contributed by atoms with Crippen LogP contribution in [0.15, 0.2) is 36.5 Å². The van der Waals surface area contributed by atoms with Crippen molar-refractivity contribution in [2.24, 2.45) is 0 Å². The van der Waals surface area contributed by atoms with Crippen LogP contribution in [0, 0.1) is 0 Å². The van der Waals surface area contributed by atoms with Crippen molar-refractivity contribution in [3.8, 4) is 0 Å². The third-order valence-electron chi connectivity index (χ3n) is 9.69. The van der Waals surface area contributed by atoms with Gasteiger partial charge in [0.1, 0.15) is 36.8 Å².